The van der Waals surface area contributed by atoms with E-state index in [2.05, 4.69) is 5.32 Å². The van der Waals surface area contributed by atoms with E-state index in [1.54, 1.807) is 48.5 Å². The van der Waals surface area contributed by atoms with Gasteiger partial charge >= 0.3 is 0 Å². The number of amides is 1. The summed E-state index contributed by atoms with van der Waals surface area (Å²) in [6.45, 7) is -0.546. The van der Waals surface area contributed by atoms with E-state index in [4.69, 9.17) is 5.11 Å². The van der Waals surface area contributed by atoms with Gasteiger partial charge in [-0.25, -0.2) is 0 Å². The second-order valence-corrected chi connectivity index (χ2v) is 3.98. The minimum atomic E-state index is -0.546. The fourth-order valence-corrected chi connectivity index (χ4v) is 1.65. The third-order valence-corrected chi connectivity index (χ3v) is 2.62. The lowest BCUT2D eigenvalue weighted by atomic mass is 10.1. The summed E-state index contributed by atoms with van der Waals surface area (Å²) in [7, 11) is 0. The van der Waals surface area contributed by atoms with E-state index in [-0.39, 0.29) is 11.7 Å². The van der Waals surface area contributed by atoms with Crippen LogP contribution in [0.3, 0.4) is 0 Å². The average Bonchev–Trinajstić information content (AvgIpc) is 2.47. The van der Waals surface area contributed by atoms with Gasteiger partial charge in [0.1, 0.15) is 6.61 Å². The van der Waals surface area contributed by atoms with Gasteiger partial charge in [-0.05, 0) is 24.3 Å². The van der Waals surface area contributed by atoms with E-state index in [9.17, 15) is 9.59 Å². The third kappa shape index (κ3) is 3.26. The summed E-state index contributed by atoms with van der Waals surface area (Å²) in [4.78, 5) is 23.3. The summed E-state index contributed by atoms with van der Waals surface area (Å²) in [5.74, 6) is -0.620. The summed E-state index contributed by atoms with van der Waals surface area (Å²) >= 11 is 0. The van der Waals surface area contributed by atoms with Crippen LogP contribution in [0.15, 0.2) is 54.6 Å². The summed E-state index contributed by atoms with van der Waals surface area (Å²) in [5, 5.41) is 11.5. The number of hydrogen-bond donors (Lipinski definition) is 2. The van der Waals surface area contributed by atoms with Crippen LogP contribution >= 0.6 is 0 Å². The second kappa shape index (κ2) is 5.93. The van der Waals surface area contributed by atoms with Gasteiger partial charge in [-0.3, -0.25) is 9.59 Å². The first-order valence-electron chi connectivity index (χ1n) is 5.81. The number of aliphatic hydroxyl groups excluding tert-OH is 1. The largest absolute Gasteiger partial charge is 0.388 e. The first kappa shape index (κ1) is 13.0. The Bertz CT molecular complexity index is 593. The van der Waals surface area contributed by atoms with Crippen LogP contribution in [-0.4, -0.2) is 23.4 Å². The van der Waals surface area contributed by atoms with Gasteiger partial charge < -0.3 is 10.4 Å². The summed E-state index contributed by atoms with van der Waals surface area (Å²) in [6.07, 6.45) is 0. The zero-order valence-corrected chi connectivity index (χ0v) is 10.2. The molecule has 1 amide bonds. The number of ketones is 1. The molecule has 2 aromatic rings. The van der Waals surface area contributed by atoms with Crippen LogP contribution in [-0.2, 0) is 0 Å². The minimum absolute atomic E-state index is 0.241. The first-order valence-corrected chi connectivity index (χ1v) is 5.81. The fraction of sp³-hybridized carbons (Fsp3) is 0.0667. The van der Waals surface area contributed by atoms with Crippen molar-refractivity contribution in [2.24, 2.45) is 0 Å². The predicted molar refractivity (Wildman–Crippen MR) is 72.3 cm³/mol. The maximum absolute atomic E-state index is 11.9. The zero-order valence-electron chi connectivity index (χ0n) is 10.2. The van der Waals surface area contributed by atoms with Gasteiger partial charge in [0.15, 0.2) is 5.78 Å². The molecule has 0 saturated carbocycles. The molecular weight excluding hydrogens is 242 g/mol. The molecule has 0 aliphatic carbocycles. The van der Waals surface area contributed by atoms with Crippen LogP contribution in [0.2, 0.25) is 0 Å². The molecule has 0 aliphatic heterocycles. The number of carbonyl (C=O) groups excluding carboxylic acids is 2. The molecule has 0 spiro atoms. The van der Waals surface area contributed by atoms with E-state index in [1.165, 1.54) is 0 Å². The van der Waals surface area contributed by atoms with Crippen LogP contribution in [0.4, 0.5) is 5.69 Å². The Morgan fingerprint density at radius 3 is 2.32 bits per heavy atom. The Morgan fingerprint density at radius 1 is 0.947 bits per heavy atom. The van der Waals surface area contributed by atoms with Gasteiger partial charge in [-0.2, -0.15) is 0 Å². The molecule has 0 unspecified atom stereocenters. The van der Waals surface area contributed by atoms with Crippen molar-refractivity contribution in [3.8, 4) is 0 Å². The van der Waals surface area contributed by atoms with Crippen molar-refractivity contribution in [1.29, 1.82) is 0 Å². The molecular formula is C15H13NO3. The van der Waals surface area contributed by atoms with E-state index < -0.39 is 6.61 Å². The highest BCUT2D eigenvalue weighted by atomic mass is 16.3. The maximum Gasteiger partial charge on any atom is 0.255 e. The molecule has 0 bridgehead atoms. The Hall–Kier alpha value is -2.46. The Labute approximate surface area is 110 Å². The third-order valence-electron chi connectivity index (χ3n) is 2.62. The number of hydrogen-bond acceptors (Lipinski definition) is 3. The lowest BCUT2D eigenvalue weighted by molar-refractivity contribution is 0.0903. The van der Waals surface area contributed by atoms with E-state index in [0.29, 0.717) is 16.8 Å². The molecule has 0 radical (unpaired) electrons. The molecule has 0 aromatic heterocycles. The highest BCUT2D eigenvalue weighted by molar-refractivity contribution is 6.05. The highest BCUT2D eigenvalue weighted by Crippen LogP contribution is 2.12. The van der Waals surface area contributed by atoms with Crippen molar-refractivity contribution in [3.05, 3.63) is 65.7 Å². The fourth-order valence-electron chi connectivity index (χ4n) is 1.65. The monoisotopic (exact) mass is 255 g/mol. The normalized spacial score (nSPS) is 9.95. The molecule has 96 valence electrons. The van der Waals surface area contributed by atoms with Crippen molar-refractivity contribution in [1.82, 2.24) is 0 Å². The Morgan fingerprint density at radius 2 is 1.63 bits per heavy atom. The molecule has 4 heteroatoms. The van der Waals surface area contributed by atoms with Crippen molar-refractivity contribution in [3.63, 3.8) is 0 Å². The van der Waals surface area contributed by atoms with Crippen LogP contribution in [0.5, 0.6) is 0 Å². The molecule has 2 aromatic carbocycles. The number of rotatable bonds is 4. The maximum atomic E-state index is 11.9. The molecule has 2 N–H and O–H groups in total. The SMILES string of the molecule is O=C(CO)c1cccc(NC(=O)c2ccccc2)c1. The molecule has 19 heavy (non-hydrogen) atoms. The zero-order chi connectivity index (χ0) is 13.7. The molecule has 4 nitrogen and oxygen atoms in total. The quantitative estimate of drug-likeness (QED) is 0.822. The molecule has 2 rings (SSSR count). The lowest BCUT2D eigenvalue weighted by Crippen LogP contribution is -2.12. The number of nitrogens with one attached hydrogen (secondary N) is 1. The topological polar surface area (TPSA) is 66.4 Å². The van der Waals surface area contributed by atoms with E-state index in [0.717, 1.165) is 0 Å². The summed E-state index contributed by atoms with van der Waals surface area (Å²) < 4.78 is 0. The van der Waals surface area contributed by atoms with Crippen LogP contribution in [0.25, 0.3) is 0 Å². The average molecular weight is 255 g/mol. The molecule has 0 fully saturated rings. The predicted octanol–water partition coefficient (Wildman–Crippen LogP) is 2.11. The first-order chi connectivity index (χ1) is 9.20. The molecule has 0 saturated heterocycles. The number of Topliss-reactive ketones (excluding diaryl/α,β-unsaturated/α-hetero) is 1. The minimum Gasteiger partial charge on any atom is -0.388 e. The van der Waals surface area contributed by atoms with Gasteiger partial charge in [-0.1, -0.05) is 30.3 Å². The number of anilines is 1. The second-order valence-electron chi connectivity index (χ2n) is 3.98. The Kier molecular flexibility index (Phi) is 4.05. The standard InChI is InChI=1S/C15H13NO3/c17-10-14(18)12-7-4-8-13(9-12)16-15(19)11-5-2-1-3-6-11/h1-9,17H,10H2,(H,16,19). The highest BCUT2D eigenvalue weighted by Gasteiger charge is 2.08. The van der Waals surface area contributed by atoms with Crippen LogP contribution < -0.4 is 5.32 Å². The lowest BCUT2D eigenvalue weighted by Gasteiger charge is -2.06. The number of aliphatic hydroxyl groups is 1. The van der Waals surface area contributed by atoms with Gasteiger partial charge in [0.2, 0.25) is 0 Å². The van der Waals surface area contributed by atoms with Gasteiger partial charge in [0.25, 0.3) is 5.91 Å². The summed E-state index contributed by atoms with van der Waals surface area (Å²) in [5.41, 5.74) is 1.43. The number of benzene rings is 2. The van der Waals surface area contributed by atoms with Crippen LogP contribution in [0.1, 0.15) is 20.7 Å². The number of carbonyl (C=O) groups is 2. The van der Waals surface area contributed by atoms with Gasteiger partial charge in [-0.15, -0.1) is 0 Å². The van der Waals surface area contributed by atoms with E-state index in [1.807, 2.05) is 6.07 Å². The van der Waals surface area contributed by atoms with Crippen molar-refractivity contribution < 1.29 is 14.7 Å². The Balaban J connectivity index is 2.16. The smallest absolute Gasteiger partial charge is 0.255 e. The van der Waals surface area contributed by atoms with E-state index >= 15 is 0 Å². The molecule has 0 aliphatic rings. The molecule has 0 heterocycles. The van der Waals surface area contributed by atoms with Gasteiger partial charge in [0.05, 0.1) is 0 Å². The van der Waals surface area contributed by atoms with Crippen LogP contribution in [0, 0.1) is 0 Å². The van der Waals surface area contributed by atoms with Gasteiger partial charge in [0, 0.05) is 16.8 Å². The summed E-state index contributed by atoms with van der Waals surface area (Å²) in [6, 6.07) is 15.3. The van der Waals surface area contributed by atoms with Crippen molar-refractivity contribution in [2.45, 2.75) is 0 Å². The van der Waals surface area contributed by atoms with Crippen molar-refractivity contribution >= 4 is 17.4 Å². The van der Waals surface area contributed by atoms with Crippen molar-refractivity contribution in [2.75, 3.05) is 11.9 Å². The molecule has 0 atom stereocenters.